The number of hydrogen-bond acceptors (Lipinski definition) is 6. The first-order valence-corrected chi connectivity index (χ1v) is 3.29. The summed E-state index contributed by atoms with van der Waals surface area (Å²) in [7, 11) is 0. The van der Waals surface area contributed by atoms with Crippen molar-refractivity contribution >= 4 is 17.9 Å². The molecule has 0 rings (SSSR count). The average molecular weight is 253 g/mol. The minimum atomic E-state index is -1.68. The maximum atomic E-state index is 10.2. The molecule has 0 aromatic rings. The van der Waals surface area contributed by atoms with E-state index >= 15 is 0 Å². The van der Waals surface area contributed by atoms with Gasteiger partial charge >= 0.3 is 23.0 Å². The van der Waals surface area contributed by atoms with Crippen LogP contribution in [0.25, 0.3) is 0 Å². The van der Waals surface area contributed by atoms with Gasteiger partial charge in [-0.1, -0.05) is 0 Å². The summed E-state index contributed by atoms with van der Waals surface area (Å²) in [6.45, 7) is -0.647. The van der Waals surface area contributed by atoms with E-state index in [1.54, 1.807) is 0 Å². The molecule has 0 unspecified atom stereocenters. The molecule has 0 amide bonds. The van der Waals surface area contributed by atoms with Crippen molar-refractivity contribution in [2.45, 2.75) is 12.5 Å². The molecule has 2 N–H and O–H groups in total. The topological polar surface area (TPSA) is 130 Å². The molecule has 0 aromatic carbocycles. The van der Waals surface area contributed by atoms with Crippen LogP contribution in [-0.4, -0.2) is 35.6 Å². The van der Waals surface area contributed by atoms with Crippen molar-refractivity contribution in [2.75, 3.05) is 6.54 Å². The van der Waals surface area contributed by atoms with Crippen LogP contribution in [0.5, 0.6) is 0 Å². The number of rotatable bonds is 6. The third-order valence-electron chi connectivity index (χ3n) is 1.15. The Morgan fingerprint density at radius 1 is 1.29 bits per heavy atom. The summed E-state index contributed by atoms with van der Waals surface area (Å²) >= 11 is 0. The SMILES string of the molecule is O=C([O-])C[C@H](NCC(=O)O)C(=O)[O-].[Cu+2]. The number of carboxylic acids is 3. The molecule has 0 aromatic heterocycles. The maximum absolute atomic E-state index is 10.2. The zero-order chi connectivity index (χ0) is 10.4. The van der Waals surface area contributed by atoms with E-state index in [0.717, 1.165) is 0 Å². The minimum Gasteiger partial charge on any atom is -0.550 e. The van der Waals surface area contributed by atoms with Gasteiger partial charge in [0.25, 0.3) is 0 Å². The Bertz CT molecular complexity index is 230. The van der Waals surface area contributed by atoms with Crippen LogP contribution in [0.3, 0.4) is 0 Å². The fraction of sp³-hybridized carbons (Fsp3) is 0.500. The molecule has 83 valence electrons. The molecule has 0 aliphatic heterocycles. The second kappa shape index (κ2) is 7.31. The molecule has 8 heteroatoms. The van der Waals surface area contributed by atoms with Crippen LogP contribution in [0.15, 0.2) is 0 Å². The van der Waals surface area contributed by atoms with Crippen molar-refractivity contribution in [2.24, 2.45) is 0 Å². The van der Waals surface area contributed by atoms with Gasteiger partial charge in [-0.25, -0.2) is 0 Å². The first-order valence-electron chi connectivity index (χ1n) is 3.29. The Balaban J connectivity index is 0. The zero-order valence-corrected chi connectivity index (χ0v) is 7.72. The number of carbonyl (C=O) groups is 3. The monoisotopic (exact) mass is 252 g/mol. The van der Waals surface area contributed by atoms with Crippen LogP contribution in [-0.2, 0) is 31.5 Å². The average Bonchev–Trinajstić information content (AvgIpc) is 1.96. The van der Waals surface area contributed by atoms with Crippen molar-refractivity contribution in [3.05, 3.63) is 0 Å². The normalized spacial score (nSPS) is 11.1. The second-order valence-corrected chi connectivity index (χ2v) is 2.22. The Kier molecular flexibility index (Phi) is 8.02. The molecule has 0 fully saturated rings. The Morgan fingerprint density at radius 2 is 1.79 bits per heavy atom. The van der Waals surface area contributed by atoms with Crippen molar-refractivity contribution in [3.63, 3.8) is 0 Å². The largest absolute Gasteiger partial charge is 2.00 e. The number of aliphatic carboxylic acids is 3. The molecule has 14 heavy (non-hydrogen) atoms. The van der Waals surface area contributed by atoms with E-state index in [4.69, 9.17) is 5.11 Å². The van der Waals surface area contributed by atoms with Gasteiger partial charge < -0.3 is 24.9 Å². The predicted octanol–water partition coefficient (Wildman–Crippen LogP) is -4.08. The van der Waals surface area contributed by atoms with E-state index in [1.165, 1.54) is 0 Å². The van der Waals surface area contributed by atoms with Gasteiger partial charge in [0.1, 0.15) is 0 Å². The Hall–Kier alpha value is -1.11. The van der Waals surface area contributed by atoms with Crippen molar-refractivity contribution < 1.29 is 46.8 Å². The molecular weight excluding hydrogens is 246 g/mol. The molecule has 0 heterocycles. The summed E-state index contributed by atoms with van der Waals surface area (Å²) in [6.07, 6.45) is -0.824. The summed E-state index contributed by atoms with van der Waals surface area (Å²) in [5.41, 5.74) is 0. The van der Waals surface area contributed by atoms with Crippen LogP contribution in [0.1, 0.15) is 6.42 Å². The van der Waals surface area contributed by atoms with Gasteiger partial charge in [-0.05, 0) is 0 Å². The first kappa shape index (κ1) is 15.4. The van der Waals surface area contributed by atoms with Gasteiger partial charge in [0, 0.05) is 12.4 Å². The fourth-order valence-electron chi connectivity index (χ4n) is 0.616. The molecule has 0 saturated heterocycles. The van der Waals surface area contributed by atoms with E-state index in [2.05, 4.69) is 0 Å². The van der Waals surface area contributed by atoms with Gasteiger partial charge in [0.15, 0.2) is 0 Å². The van der Waals surface area contributed by atoms with Crippen LogP contribution in [0.2, 0.25) is 0 Å². The third kappa shape index (κ3) is 7.53. The fourth-order valence-corrected chi connectivity index (χ4v) is 0.616. The second-order valence-electron chi connectivity index (χ2n) is 2.22. The third-order valence-corrected chi connectivity index (χ3v) is 1.15. The summed E-state index contributed by atoms with van der Waals surface area (Å²) < 4.78 is 0. The van der Waals surface area contributed by atoms with E-state index in [9.17, 15) is 24.6 Å². The van der Waals surface area contributed by atoms with Crippen molar-refractivity contribution in [1.82, 2.24) is 5.32 Å². The van der Waals surface area contributed by atoms with E-state index in [-0.39, 0.29) is 17.1 Å². The molecular formula is C6H7CuNO6. The maximum Gasteiger partial charge on any atom is 2.00 e. The van der Waals surface area contributed by atoms with Crippen LogP contribution < -0.4 is 15.5 Å². The number of nitrogens with one attached hydrogen (secondary N) is 1. The first-order chi connectivity index (χ1) is 5.93. The van der Waals surface area contributed by atoms with Gasteiger partial charge in [-0.2, -0.15) is 0 Å². The number of hydrogen-bond donors (Lipinski definition) is 2. The summed E-state index contributed by atoms with van der Waals surface area (Å²) in [6, 6.07) is -1.54. The predicted molar refractivity (Wildman–Crippen MR) is 34.1 cm³/mol. The summed E-state index contributed by atoms with van der Waals surface area (Å²) in [5.74, 6) is -4.55. The molecule has 0 bridgehead atoms. The summed E-state index contributed by atoms with van der Waals surface area (Å²) in [4.78, 5) is 30.1. The quantitative estimate of drug-likeness (QED) is 0.460. The van der Waals surface area contributed by atoms with Gasteiger partial charge in [0.05, 0.1) is 18.6 Å². The number of carboxylic acid groups (broad SMARTS) is 3. The molecule has 0 aliphatic rings. The van der Waals surface area contributed by atoms with Gasteiger partial charge in [-0.3, -0.25) is 10.1 Å². The van der Waals surface area contributed by atoms with Gasteiger partial charge in [0.2, 0.25) is 0 Å². The minimum absolute atomic E-state index is 0. The van der Waals surface area contributed by atoms with E-state index in [1.807, 2.05) is 5.32 Å². The van der Waals surface area contributed by atoms with E-state index in [0.29, 0.717) is 0 Å². The van der Waals surface area contributed by atoms with Crippen LogP contribution >= 0.6 is 0 Å². The van der Waals surface area contributed by atoms with Crippen molar-refractivity contribution in [3.8, 4) is 0 Å². The Labute approximate surface area is 89.6 Å². The standard InChI is InChI=1S/C6H9NO6.Cu/c8-4(9)1-3(6(12)13)7-2-5(10)11;/h3,7H,1-2H2,(H,8,9)(H,10,11)(H,12,13);/q;+2/p-2/t3-;/m0./s1. The molecule has 7 nitrogen and oxygen atoms in total. The molecule has 0 aliphatic carbocycles. The van der Waals surface area contributed by atoms with Gasteiger partial charge in [-0.15, -0.1) is 0 Å². The van der Waals surface area contributed by atoms with Crippen LogP contribution in [0.4, 0.5) is 0 Å². The van der Waals surface area contributed by atoms with Crippen LogP contribution in [0, 0.1) is 0 Å². The van der Waals surface area contributed by atoms with E-state index < -0.39 is 36.9 Å². The molecule has 1 atom stereocenters. The Morgan fingerprint density at radius 3 is 2.07 bits per heavy atom. The molecule has 1 radical (unpaired) electrons. The smallest absolute Gasteiger partial charge is 0.550 e. The molecule has 0 saturated carbocycles. The summed E-state index contributed by atoms with van der Waals surface area (Å²) in [5, 5.41) is 30.3. The van der Waals surface area contributed by atoms with Crippen molar-refractivity contribution in [1.29, 1.82) is 0 Å². The number of carbonyl (C=O) groups excluding carboxylic acids is 2. The molecule has 0 spiro atoms. The zero-order valence-electron chi connectivity index (χ0n) is 6.78.